The molecule has 1 amide bonds. The van der Waals surface area contributed by atoms with Gasteiger partial charge < -0.3 is 16.2 Å². The topological polar surface area (TPSA) is 75.4 Å². The molecule has 4 nitrogen and oxygen atoms in total. The van der Waals surface area contributed by atoms with Crippen LogP contribution in [0.25, 0.3) is 0 Å². The summed E-state index contributed by atoms with van der Waals surface area (Å²) in [6, 6.07) is 6.13. The first-order valence-electron chi connectivity index (χ1n) is 5.63. The second-order valence-corrected chi connectivity index (χ2v) is 5.22. The van der Waals surface area contributed by atoms with Crippen molar-refractivity contribution in [1.29, 1.82) is 0 Å². The van der Waals surface area contributed by atoms with Crippen LogP contribution in [0.5, 0.6) is 5.75 Å². The van der Waals surface area contributed by atoms with Gasteiger partial charge >= 0.3 is 0 Å². The van der Waals surface area contributed by atoms with E-state index in [1.807, 2.05) is 20.8 Å². The molecule has 1 aromatic carbocycles. The zero-order valence-corrected chi connectivity index (χ0v) is 10.5. The van der Waals surface area contributed by atoms with Crippen LogP contribution >= 0.6 is 0 Å². The predicted molar refractivity (Wildman–Crippen MR) is 67.7 cm³/mol. The monoisotopic (exact) mass is 236 g/mol. The Balaban J connectivity index is 2.57. The summed E-state index contributed by atoms with van der Waals surface area (Å²) in [6.07, 6.45) is 0.461. The van der Waals surface area contributed by atoms with E-state index < -0.39 is 6.04 Å². The summed E-state index contributed by atoms with van der Waals surface area (Å²) in [5.41, 5.74) is 6.48. The van der Waals surface area contributed by atoms with E-state index in [9.17, 15) is 4.79 Å². The summed E-state index contributed by atoms with van der Waals surface area (Å²) in [5.74, 6) is 0.0482. The number of hydrogen-bond donors (Lipinski definition) is 3. The van der Waals surface area contributed by atoms with Gasteiger partial charge in [0.15, 0.2) is 0 Å². The summed E-state index contributed by atoms with van der Waals surface area (Å²) < 4.78 is 0. The highest BCUT2D eigenvalue weighted by atomic mass is 16.3. The Morgan fingerprint density at radius 2 is 1.88 bits per heavy atom. The van der Waals surface area contributed by atoms with Gasteiger partial charge in [0.2, 0.25) is 5.91 Å². The van der Waals surface area contributed by atoms with Crippen molar-refractivity contribution >= 4 is 5.91 Å². The molecule has 0 saturated heterocycles. The summed E-state index contributed by atoms with van der Waals surface area (Å²) in [7, 11) is 0. The van der Waals surface area contributed by atoms with Crippen LogP contribution < -0.4 is 11.1 Å². The number of phenols is 1. The number of benzene rings is 1. The molecule has 1 atom stereocenters. The van der Waals surface area contributed by atoms with Crippen LogP contribution in [-0.2, 0) is 11.2 Å². The number of rotatable bonds is 3. The molecule has 4 heteroatoms. The number of phenolic OH excluding ortho intramolecular Hbond substituents is 1. The first-order valence-corrected chi connectivity index (χ1v) is 5.63. The molecule has 94 valence electrons. The van der Waals surface area contributed by atoms with Gasteiger partial charge in [-0.25, -0.2) is 0 Å². The first kappa shape index (κ1) is 13.5. The normalized spacial score (nSPS) is 13.2. The minimum absolute atomic E-state index is 0.162. The lowest BCUT2D eigenvalue weighted by molar-refractivity contribution is -0.123. The lowest BCUT2D eigenvalue weighted by Gasteiger charge is -2.23. The third-order valence-electron chi connectivity index (χ3n) is 2.23. The predicted octanol–water partition coefficient (Wildman–Crippen LogP) is 1.18. The molecule has 0 spiro atoms. The van der Waals surface area contributed by atoms with E-state index in [4.69, 9.17) is 10.8 Å². The van der Waals surface area contributed by atoms with E-state index in [0.29, 0.717) is 6.42 Å². The molecule has 0 aliphatic rings. The Labute approximate surface area is 102 Å². The highest BCUT2D eigenvalue weighted by molar-refractivity contribution is 5.82. The van der Waals surface area contributed by atoms with Crippen molar-refractivity contribution in [3.63, 3.8) is 0 Å². The summed E-state index contributed by atoms with van der Waals surface area (Å²) in [6.45, 7) is 5.74. The number of nitrogens with two attached hydrogens (primary N) is 1. The van der Waals surface area contributed by atoms with Crippen molar-refractivity contribution < 1.29 is 9.90 Å². The van der Waals surface area contributed by atoms with Gasteiger partial charge in [0.25, 0.3) is 0 Å². The maximum atomic E-state index is 11.7. The van der Waals surface area contributed by atoms with Crippen molar-refractivity contribution in [3.05, 3.63) is 29.8 Å². The first-order chi connectivity index (χ1) is 7.78. The van der Waals surface area contributed by atoms with Gasteiger partial charge in [0.05, 0.1) is 6.04 Å². The number of amides is 1. The minimum atomic E-state index is -0.571. The van der Waals surface area contributed by atoms with Gasteiger partial charge in [0.1, 0.15) is 5.75 Å². The Morgan fingerprint density at radius 3 is 2.35 bits per heavy atom. The van der Waals surface area contributed by atoms with Crippen molar-refractivity contribution in [3.8, 4) is 5.75 Å². The molecule has 4 N–H and O–H groups in total. The molecule has 0 fully saturated rings. The standard InChI is InChI=1S/C13H20N2O2/c1-13(2,3)15-12(17)11(14)8-9-4-6-10(16)7-5-9/h4-7,11,16H,8,14H2,1-3H3,(H,15,17). The van der Waals surface area contributed by atoms with Crippen LogP contribution in [0.15, 0.2) is 24.3 Å². The van der Waals surface area contributed by atoms with Gasteiger partial charge in [-0.15, -0.1) is 0 Å². The maximum absolute atomic E-state index is 11.7. The van der Waals surface area contributed by atoms with Crippen LogP contribution in [0.4, 0.5) is 0 Å². The fourth-order valence-electron chi connectivity index (χ4n) is 1.44. The molecule has 0 aliphatic heterocycles. The van der Waals surface area contributed by atoms with Crippen molar-refractivity contribution in [2.45, 2.75) is 38.8 Å². The van der Waals surface area contributed by atoms with Crippen molar-refractivity contribution in [2.24, 2.45) is 5.73 Å². The maximum Gasteiger partial charge on any atom is 0.237 e. The van der Waals surface area contributed by atoms with Crippen LogP contribution in [0.1, 0.15) is 26.3 Å². The number of hydrogen-bond acceptors (Lipinski definition) is 3. The molecule has 1 aromatic rings. The molecular formula is C13H20N2O2. The van der Waals surface area contributed by atoms with Gasteiger partial charge in [-0.3, -0.25) is 4.79 Å². The zero-order valence-electron chi connectivity index (χ0n) is 10.5. The fourth-order valence-corrected chi connectivity index (χ4v) is 1.44. The second-order valence-electron chi connectivity index (χ2n) is 5.22. The molecule has 17 heavy (non-hydrogen) atoms. The van der Waals surface area contributed by atoms with Crippen LogP contribution in [0.3, 0.4) is 0 Å². The van der Waals surface area contributed by atoms with Gasteiger partial charge in [-0.05, 0) is 44.9 Å². The van der Waals surface area contributed by atoms with Crippen molar-refractivity contribution in [2.75, 3.05) is 0 Å². The van der Waals surface area contributed by atoms with E-state index in [1.54, 1.807) is 24.3 Å². The Bertz CT molecular complexity index is 379. The number of aromatic hydroxyl groups is 1. The Hall–Kier alpha value is -1.55. The molecular weight excluding hydrogens is 216 g/mol. The van der Waals surface area contributed by atoms with E-state index in [1.165, 1.54) is 0 Å². The largest absolute Gasteiger partial charge is 0.508 e. The third kappa shape index (κ3) is 4.87. The fraction of sp³-hybridized carbons (Fsp3) is 0.462. The SMILES string of the molecule is CC(C)(C)NC(=O)C(N)Cc1ccc(O)cc1. The van der Waals surface area contributed by atoms with E-state index in [0.717, 1.165) is 5.56 Å². The average Bonchev–Trinajstić information content (AvgIpc) is 2.19. The molecule has 0 saturated carbocycles. The van der Waals surface area contributed by atoms with Crippen LogP contribution in [0, 0.1) is 0 Å². The summed E-state index contributed by atoms with van der Waals surface area (Å²) >= 11 is 0. The molecule has 1 rings (SSSR count). The lowest BCUT2D eigenvalue weighted by atomic mass is 10.0. The molecule has 0 heterocycles. The molecule has 0 aromatic heterocycles. The lowest BCUT2D eigenvalue weighted by Crippen LogP contribution is -2.49. The van der Waals surface area contributed by atoms with Crippen LogP contribution in [-0.4, -0.2) is 22.6 Å². The van der Waals surface area contributed by atoms with Gasteiger partial charge in [0, 0.05) is 5.54 Å². The van der Waals surface area contributed by atoms with E-state index in [-0.39, 0.29) is 17.2 Å². The Kier molecular flexibility index (Phi) is 4.12. The third-order valence-corrected chi connectivity index (χ3v) is 2.23. The number of carbonyl (C=O) groups is 1. The highest BCUT2D eigenvalue weighted by Gasteiger charge is 2.19. The molecule has 1 unspecified atom stereocenters. The summed E-state index contributed by atoms with van der Waals surface area (Å²) in [5, 5.41) is 12.0. The quantitative estimate of drug-likeness (QED) is 0.737. The van der Waals surface area contributed by atoms with E-state index in [2.05, 4.69) is 5.32 Å². The smallest absolute Gasteiger partial charge is 0.237 e. The molecule has 0 radical (unpaired) electrons. The Morgan fingerprint density at radius 1 is 1.35 bits per heavy atom. The van der Waals surface area contributed by atoms with Gasteiger partial charge in [-0.1, -0.05) is 12.1 Å². The zero-order chi connectivity index (χ0) is 13.1. The van der Waals surface area contributed by atoms with Crippen molar-refractivity contribution in [1.82, 2.24) is 5.32 Å². The second kappa shape index (κ2) is 5.19. The van der Waals surface area contributed by atoms with Crippen LogP contribution in [0.2, 0.25) is 0 Å². The molecule has 0 aliphatic carbocycles. The minimum Gasteiger partial charge on any atom is -0.508 e. The van der Waals surface area contributed by atoms with Gasteiger partial charge in [-0.2, -0.15) is 0 Å². The average molecular weight is 236 g/mol. The number of nitrogens with one attached hydrogen (secondary N) is 1. The molecule has 0 bridgehead atoms. The summed E-state index contributed by atoms with van der Waals surface area (Å²) in [4.78, 5) is 11.7. The van der Waals surface area contributed by atoms with E-state index >= 15 is 0 Å². The number of carbonyl (C=O) groups excluding carboxylic acids is 1. The highest BCUT2D eigenvalue weighted by Crippen LogP contribution is 2.11.